The van der Waals surface area contributed by atoms with Crippen molar-refractivity contribution in [3.05, 3.63) is 59.8 Å². The van der Waals surface area contributed by atoms with E-state index < -0.39 is 6.10 Å². The van der Waals surface area contributed by atoms with Gasteiger partial charge >= 0.3 is 0 Å². The molecule has 2 aromatic rings. The molecule has 0 aliphatic heterocycles. The number of hydrogen-bond acceptors (Lipinski definition) is 4. The summed E-state index contributed by atoms with van der Waals surface area (Å²) < 4.78 is 6.11. The van der Waals surface area contributed by atoms with Crippen LogP contribution in [0.3, 0.4) is 0 Å². The lowest BCUT2D eigenvalue weighted by molar-refractivity contribution is 0.168. The Morgan fingerprint density at radius 3 is 2.72 bits per heavy atom. The molecule has 1 aromatic carbocycles. The van der Waals surface area contributed by atoms with Crippen molar-refractivity contribution < 1.29 is 9.84 Å². The number of nitrogens with zero attached hydrogens (tertiary/aromatic N) is 2. The fourth-order valence-electron chi connectivity index (χ4n) is 3.49. The maximum Gasteiger partial charge on any atom is 0.218 e. The predicted molar refractivity (Wildman–Crippen MR) is 116 cm³/mol. The van der Waals surface area contributed by atoms with Crippen molar-refractivity contribution in [1.29, 1.82) is 0 Å². The molecule has 29 heavy (non-hydrogen) atoms. The van der Waals surface area contributed by atoms with Crippen molar-refractivity contribution in [2.45, 2.75) is 57.8 Å². The van der Waals surface area contributed by atoms with Gasteiger partial charge in [0.1, 0.15) is 6.10 Å². The maximum absolute atomic E-state index is 10.3. The van der Waals surface area contributed by atoms with E-state index in [-0.39, 0.29) is 6.10 Å². The molecule has 0 bridgehead atoms. The average molecular weight is 397 g/mol. The molecule has 0 spiro atoms. The van der Waals surface area contributed by atoms with Gasteiger partial charge in [-0.25, -0.2) is 9.98 Å². The number of ether oxygens (including phenoxy) is 1. The van der Waals surface area contributed by atoms with Crippen LogP contribution in [0.2, 0.25) is 0 Å². The first-order valence-corrected chi connectivity index (χ1v) is 10.6. The van der Waals surface area contributed by atoms with Crippen LogP contribution in [0, 0.1) is 0 Å². The molecule has 6 heteroatoms. The number of benzene rings is 1. The molecule has 0 amide bonds. The van der Waals surface area contributed by atoms with Crippen LogP contribution in [0.15, 0.2) is 53.7 Å². The molecule has 1 aliphatic carbocycles. The van der Waals surface area contributed by atoms with E-state index in [1.54, 1.807) is 6.20 Å². The first-order valence-electron chi connectivity index (χ1n) is 10.6. The molecule has 0 radical (unpaired) electrons. The molecular weight excluding hydrogens is 364 g/mol. The normalized spacial score (nSPS) is 15.9. The number of aliphatic hydroxyl groups excluding tert-OH is 1. The van der Waals surface area contributed by atoms with Crippen molar-refractivity contribution in [1.82, 2.24) is 15.6 Å². The van der Waals surface area contributed by atoms with E-state index in [9.17, 15) is 5.11 Å². The minimum absolute atomic E-state index is 0.276. The fourth-order valence-corrected chi connectivity index (χ4v) is 3.49. The summed E-state index contributed by atoms with van der Waals surface area (Å²) in [5.74, 6) is 1.42. The first kappa shape index (κ1) is 21.1. The Hall–Kier alpha value is -2.60. The Morgan fingerprint density at radius 2 is 1.97 bits per heavy atom. The molecule has 3 N–H and O–H groups in total. The van der Waals surface area contributed by atoms with Gasteiger partial charge in [0.05, 0.1) is 12.6 Å². The largest absolute Gasteiger partial charge is 0.474 e. The lowest BCUT2D eigenvalue weighted by atomic mass is 10.1. The predicted octanol–water partition coefficient (Wildman–Crippen LogP) is 3.58. The van der Waals surface area contributed by atoms with Gasteiger partial charge < -0.3 is 20.5 Å². The number of aromatic nitrogens is 1. The SMILES string of the molecule is CCNC(=NCc1cccnc1OC1CCCC1)NCCC(O)c1ccccc1. The highest BCUT2D eigenvalue weighted by atomic mass is 16.5. The lowest BCUT2D eigenvalue weighted by Gasteiger charge is -2.16. The van der Waals surface area contributed by atoms with Gasteiger partial charge in [-0.3, -0.25) is 0 Å². The van der Waals surface area contributed by atoms with Crippen LogP contribution in [-0.4, -0.2) is 35.2 Å². The molecule has 0 saturated heterocycles. The second kappa shape index (κ2) is 11.4. The Labute approximate surface area is 173 Å². The molecule has 6 nitrogen and oxygen atoms in total. The van der Waals surface area contributed by atoms with Gasteiger partial charge in [-0.1, -0.05) is 36.4 Å². The van der Waals surface area contributed by atoms with Crippen molar-refractivity contribution >= 4 is 5.96 Å². The van der Waals surface area contributed by atoms with Crippen LogP contribution in [-0.2, 0) is 6.54 Å². The summed E-state index contributed by atoms with van der Waals surface area (Å²) in [6.07, 6.45) is 6.83. The van der Waals surface area contributed by atoms with E-state index >= 15 is 0 Å². The zero-order valence-electron chi connectivity index (χ0n) is 17.2. The van der Waals surface area contributed by atoms with Crippen molar-refractivity contribution in [2.24, 2.45) is 4.99 Å². The van der Waals surface area contributed by atoms with E-state index in [2.05, 4.69) is 20.6 Å². The maximum atomic E-state index is 10.3. The third-order valence-electron chi connectivity index (χ3n) is 5.08. The van der Waals surface area contributed by atoms with E-state index in [4.69, 9.17) is 4.74 Å². The smallest absolute Gasteiger partial charge is 0.218 e. The van der Waals surface area contributed by atoms with E-state index in [1.165, 1.54) is 12.8 Å². The summed E-state index contributed by atoms with van der Waals surface area (Å²) in [7, 11) is 0. The summed E-state index contributed by atoms with van der Waals surface area (Å²) in [6.45, 7) is 3.92. The zero-order chi connectivity index (χ0) is 20.3. The molecule has 3 rings (SSSR count). The van der Waals surface area contributed by atoms with E-state index in [0.29, 0.717) is 25.4 Å². The molecule has 1 unspecified atom stereocenters. The van der Waals surface area contributed by atoms with Crippen molar-refractivity contribution in [2.75, 3.05) is 13.1 Å². The number of aliphatic imine (C=N–C) groups is 1. The molecule has 156 valence electrons. The third-order valence-corrected chi connectivity index (χ3v) is 5.08. The van der Waals surface area contributed by atoms with Crippen LogP contribution in [0.5, 0.6) is 5.88 Å². The number of aliphatic hydroxyl groups is 1. The molecule has 1 heterocycles. The highest BCUT2D eigenvalue weighted by Gasteiger charge is 2.18. The lowest BCUT2D eigenvalue weighted by Crippen LogP contribution is -2.38. The third kappa shape index (κ3) is 6.75. The van der Waals surface area contributed by atoms with Gasteiger partial charge in [-0.05, 0) is 50.7 Å². The Kier molecular flexibility index (Phi) is 8.31. The van der Waals surface area contributed by atoms with E-state index in [0.717, 1.165) is 36.5 Å². The van der Waals surface area contributed by atoms with Gasteiger partial charge in [0.15, 0.2) is 5.96 Å². The molecule has 1 atom stereocenters. The zero-order valence-corrected chi connectivity index (χ0v) is 17.2. The highest BCUT2D eigenvalue weighted by molar-refractivity contribution is 5.79. The van der Waals surface area contributed by atoms with E-state index in [1.807, 2.05) is 49.4 Å². The van der Waals surface area contributed by atoms with Crippen LogP contribution in [0.4, 0.5) is 0 Å². The standard InChI is InChI=1S/C23H32N4O2/c1-2-24-23(26-16-14-21(28)18-9-4-3-5-10-18)27-17-19-11-8-15-25-22(19)29-20-12-6-7-13-20/h3-5,8-11,15,20-21,28H,2,6-7,12-14,16-17H2,1H3,(H2,24,26,27). The van der Waals surface area contributed by atoms with Gasteiger partial charge in [0, 0.05) is 24.8 Å². The van der Waals surface area contributed by atoms with Crippen molar-refractivity contribution in [3.8, 4) is 5.88 Å². The molecule has 1 aromatic heterocycles. The highest BCUT2D eigenvalue weighted by Crippen LogP contribution is 2.25. The van der Waals surface area contributed by atoms with Crippen LogP contribution < -0.4 is 15.4 Å². The van der Waals surface area contributed by atoms with Crippen LogP contribution in [0.25, 0.3) is 0 Å². The van der Waals surface area contributed by atoms with Crippen molar-refractivity contribution in [3.63, 3.8) is 0 Å². The summed E-state index contributed by atoms with van der Waals surface area (Å²) in [4.78, 5) is 9.10. The molecule has 1 saturated carbocycles. The summed E-state index contributed by atoms with van der Waals surface area (Å²) in [5, 5.41) is 16.9. The monoisotopic (exact) mass is 396 g/mol. The molecule has 1 aliphatic rings. The summed E-state index contributed by atoms with van der Waals surface area (Å²) in [6, 6.07) is 13.7. The fraction of sp³-hybridized carbons (Fsp3) is 0.478. The number of pyridine rings is 1. The molecule has 1 fully saturated rings. The minimum atomic E-state index is -0.490. The van der Waals surface area contributed by atoms with Crippen LogP contribution in [0.1, 0.15) is 56.3 Å². The van der Waals surface area contributed by atoms with Gasteiger partial charge in [0.2, 0.25) is 5.88 Å². The number of hydrogen-bond donors (Lipinski definition) is 3. The topological polar surface area (TPSA) is 78.8 Å². The Bertz CT molecular complexity index is 760. The van der Waals surface area contributed by atoms with Gasteiger partial charge in [-0.2, -0.15) is 0 Å². The minimum Gasteiger partial charge on any atom is -0.474 e. The Morgan fingerprint density at radius 1 is 1.17 bits per heavy atom. The van der Waals surface area contributed by atoms with Gasteiger partial charge in [-0.15, -0.1) is 0 Å². The number of nitrogens with one attached hydrogen (secondary N) is 2. The summed E-state index contributed by atoms with van der Waals surface area (Å²) in [5.41, 5.74) is 1.92. The quantitative estimate of drug-likeness (QED) is 0.446. The molecular formula is C23H32N4O2. The number of guanidine groups is 1. The second-order valence-corrected chi connectivity index (χ2v) is 7.33. The second-order valence-electron chi connectivity index (χ2n) is 7.33. The average Bonchev–Trinajstić information content (AvgIpc) is 3.26. The van der Waals surface area contributed by atoms with Gasteiger partial charge in [0.25, 0.3) is 0 Å². The Balaban J connectivity index is 1.55. The van der Waals surface area contributed by atoms with Crippen LogP contribution >= 0.6 is 0 Å². The first-order chi connectivity index (χ1) is 14.3. The number of rotatable bonds is 9. The summed E-state index contributed by atoms with van der Waals surface area (Å²) >= 11 is 0.